The van der Waals surface area contributed by atoms with Crippen molar-refractivity contribution in [3.8, 4) is 11.1 Å². The minimum Gasteiger partial charge on any atom is -0.398 e. The number of nitrogens with one attached hydrogen (secondary N) is 1. The summed E-state index contributed by atoms with van der Waals surface area (Å²) in [5.41, 5.74) is 6.92. The van der Waals surface area contributed by atoms with Crippen LogP contribution in [0.2, 0.25) is 0 Å². The number of benzene rings is 1. The number of carbonyl (C=O) groups excluding carboxylic acids is 1. The van der Waals surface area contributed by atoms with Crippen LogP contribution >= 0.6 is 0 Å². The molecule has 0 atom stereocenters. The predicted molar refractivity (Wildman–Crippen MR) is 93.7 cm³/mol. The molecular weight excluding hydrogens is 345 g/mol. The summed E-state index contributed by atoms with van der Waals surface area (Å²) in [6.45, 7) is 1.36. The van der Waals surface area contributed by atoms with Gasteiger partial charge in [0.15, 0.2) is 0 Å². The molecule has 1 amide bonds. The zero-order valence-electron chi connectivity index (χ0n) is 14.4. The van der Waals surface area contributed by atoms with Crippen LogP contribution in [0.15, 0.2) is 30.5 Å². The molecule has 8 heteroatoms. The van der Waals surface area contributed by atoms with E-state index in [2.05, 4.69) is 9.97 Å². The van der Waals surface area contributed by atoms with Crippen molar-refractivity contribution in [2.45, 2.75) is 13.1 Å². The molecule has 0 unspecified atom stereocenters. The third-order valence-electron chi connectivity index (χ3n) is 4.14. The molecular formula is C18H17F3N4O. The number of anilines is 1. The van der Waals surface area contributed by atoms with Crippen LogP contribution < -0.4 is 5.73 Å². The number of nitrogen functional groups attached to an aromatic ring is 1. The molecule has 0 spiro atoms. The summed E-state index contributed by atoms with van der Waals surface area (Å²) in [7, 11) is 3.19. The van der Waals surface area contributed by atoms with E-state index in [1.54, 1.807) is 32.3 Å². The lowest BCUT2D eigenvalue weighted by Crippen LogP contribution is -2.22. The number of aryl methyl sites for hydroxylation is 1. The highest BCUT2D eigenvalue weighted by atomic mass is 19.4. The van der Waals surface area contributed by atoms with Gasteiger partial charge in [0.05, 0.1) is 11.1 Å². The Morgan fingerprint density at radius 3 is 2.50 bits per heavy atom. The van der Waals surface area contributed by atoms with Crippen molar-refractivity contribution in [3.63, 3.8) is 0 Å². The van der Waals surface area contributed by atoms with Crippen molar-refractivity contribution < 1.29 is 18.0 Å². The van der Waals surface area contributed by atoms with Gasteiger partial charge in [0.1, 0.15) is 5.65 Å². The highest BCUT2D eigenvalue weighted by molar-refractivity contribution is 6.00. The monoisotopic (exact) mass is 362 g/mol. The van der Waals surface area contributed by atoms with Gasteiger partial charge < -0.3 is 15.6 Å². The Hall–Kier alpha value is -3.03. The van der Waals surface area contributed by atoms with E-state index in [9.17, 15) is 18.0 Å². The summed E-state index contributed by atoms with van der Waals surface area (Å²) in [6.07, 6.45) is -3.02. The predicted octanol–water partition coefficient (Wildman–Crippen LogP) is 3.84. The maximum absolute atomic E-state index is 13.3. The van der Waals surface area contributed by atoms with Crippen molar-refractivity contribution >= 4 is 22.6 Å². The Morgan fingerprint density at radius 2 is 1.88 bits per heavy atom. The number of amides is 1. The first-order valence-corrected chi connectivity index (χ1v) is 7.76. The van der Waals surface area contributed by atoms with Crippen molar-refractivity contribution in [2.75, 3.05) is 19.8 Å². The summed E-state index contributed by atoms with van der Waals surface area (Å²) in [5.74, 6) is -0.285. The summed E-state index contributed by atoms with van der Waals surface area (Å²) < 4.78 is 40.0. The van der Waals surface area contributed by atoms with Crippen molar-refractivity contribution in [1.29, 1.82) is 0 Å². The molecule has 26 heavy (non-hydrogen) atoms. The van der Waals surface area contributed by atoms with E-state index in [4.69, 9.17) is 5.73 Å². The number of hydrogen-bond acceptors (Lipinski definition) is 3. The Morgan fingerprint density at radius 1 is 1.19 bits per heavy atom. The van der Waals surface area contributed by atoms with Gasteiger partial charge in [-0.25, -0.2) is 4.98 Å². The molecule has 0 bridgehead atoms. The average molecular weight is 362 g/mol. The van der Waals surface area contributed by atoms with Crippen molar-refractivity contribution in [2.24, 2.45) is 0 Å². The zero-order chi connectivity index (χ0) is 19.2. The summed E-state index contributed by atoms with van der Waals surface area (Å²) >= 11 is 0. The quantitative estimate of drug-likeness (QED) is 0.680. The molecule has 0 fully saturated rings. The smallest absolute Gasteiger partial charge is 0.398 e. The zero-order valence-corrected chi connectivity index (χ0v) is 14.4. The van der Waals surface area contributed by atoms with Gasteiger partial charge in [-0.1, -0.05) is 6.07 Å². The SMILES string of the molecule is Cc1[nH]c2ncc(-c3ccc(N)c(C(=O)N(C)C)c3)cc2c1C(F)(F)F. The fourth-order valence-electron chi connectivity index (χ4n) is 2.88. The Kier molecular flexibility index (Phi) is 4.14. The highest BCUT2D eigenvalue weighted by Gasteiger charge is 2.36. The summed E-state index contributed by atoms with van der Waals surface area (Å²) in [5, 5.41) is -0.00943. The summed E-state index contributed by atoms with van der Waals surface area (Å²) in [6, 6.07) is 6.19. The number of halogens is 3. The number of rotatable bonds is 2. The lowest BCUT2D eigenvalue weighted by Gasteiger charge is -2.13. The Labute approximate surface area is 147 Å². The molecule has 2 heterocycles. The standard InChI is InChI=1S/C18H17F3N4O/c1-9-15(18(19,20)21)13-7-11(8-23-16(13)24-9)10-4-5-14(22)12(6-10)17(26)25(2)3/h4-8H,22H2,1-3H3,(H,23,24). The molecule has 5 nitrogen and oxygen atoms in total. The average Bonchev–Trinajstić information content (AvgIpc) is 2.89. The summed E-state index contributed by atoms with van der Waals surface area (Å²) in [4.78, 5) is 20.4. The number of carbonyl (C=O) groups is 1. The topological polar surface area (TPSA) is 75.0 Å². The second kappa shape index (κ2) is 6.05. The van der Waals surface area contributed by atoms with Gasteiger partial charge in [-0.3, -0.25) is 4.79 Å². The molecule has 0 saturated heterocycles. The fourth-order valence-corrected chi connectivity index (χ4v) is 2.88. The number of pyridine rings is 1. The van der Waals surface area contributed by atoms with E-state index in [0.29, 0.717) is 16.8 Å². The van der Waals surface area contributed by atoms with Gasteiger partial charge in [0, 0.05) is 42.6 Å². The molecule has 3 aromatic rings. The molecule has 136 valence electrons. The first kappa shape index (κ1) is 17.8. The van der Waals surface area contributed by atoms with Gasteiger partial charge in [0.2, 0.25) is 0 Å². The molecule has 1 aromatic carbocycles. The van der Waals surface area contributed by atoms with Crippen LogP contribution in [0.4, 0.5) is 18.9 Å². The molecule has 0 saturated carbocycles. The lowest BCUT2D eigenvalue weighted by atomic mass is 10.0. The maximum atomic E-state index is 13.3. The van der Waals surface area contributed by atoms with Gasteiger partial charge in [-0.05, 0) is 30.7 Å². The maximum Gasteiger partial charge on any atom is 0.418 e. The van der Waals surface area contributed by atoms with Gasteiger partial charge in [-0.2, -0.15) is 13.2 Å². The van der Waals surface area contributed by atoms with Crippen LogP contribution in [0.25, 0.3) is 22.2 Å². The molecule has 0 aliphatic rings. The van der Waals surface area contributed by atoms with Crippen LogP contribution in [0, 0.1) is 6.92 Å². The van der Waals surface area contributed by atoms with E-state index >= 15 is 0 Å². The van der Waals surface area contributed by atoms with E-state index in [1.807, 2.05) is 0 Å². The highest BCUT2D eigenvalue weighted by Crippen LogP contribution is 2.38. The largest absolute Gasteiger partial charge is 0.418 e. The first-order chi connectivity index (χ1) is 12.1. The number of aromatic amines is 1. The lowest BCUT2D eigenvalue weighted by molar-refractivity contribution is -0.136. The number of hydrogen-bond donors (Lipinski definition) is 2. The number of aromatic nitrogens is 2. The van der Waals surface area contributed by atoms with Crippen LogP contribution in [0.3, 0.4) is 0 Å². The number of nitrogens with zero attached hydrogens (tertiary/aromatic N) is 2. The number of H-pyrrole nitrogens is 1. The molecule has 2 aromatic heterocycles. The minimum absolute atomic E-state index is 0.00943. The first-order valence-electron chi connectivity index (χ1n) is 7.76. The Balaban J connectivity index is 2.18. The molecule has 3 N–H and O–H groups in total. The molecule has 0 radical (unpaired) electrons. The molecule has 0 aliphatic heterocycles. The van der Waals surface area contributed by atoms with E-state index in [-0.39, 0.29) is 28.2 Å². The van der Waals surface area contributed by atoms with Crippen LogP contribution in [0.5, 0.6) is 0 Å². The molecule has 0 aliphatic carbocycles. The number of nitrogens with two attached hydrogens (primary N) is 1. The second-order valence-electron chi connectivity index (χ2n) is 6.24. The van der Waals surface area contributed by atoms with Gasteiger partial charge in [0.25, 0.3) is 5.91 Å². The van der Waals surface area contributed by atoms with E-state index < -0.39 is 11.7 Å². The normalized spacial score (nSPS) is 11.8. The fraction of sp³-hybridized carbons (Fsp3) is 0.222. The minimum atomic E-state index is -4.49. The van der Waals surface area contributed by atoms with Crippen molar-refractivity contribution in [1.82, 2.24) is 14.9 Å². The molecule has 3 rings (SSSR count). The number of alkyl halides is 3. The van der Waals surface area contributed by atoms with Crippen LogP contribution in [-0.2, 0) is 6.18 Å². The van der Waals surface area contributed by atoms with E-state index in [0.717, 1.165) is 0 Å². The van der Waals surface area contributed by atoms with Crippen LogP contribution in [0.1, 0.15) is 21.6 Å². The second-order valence-corrected chi connectivity index (χ2v) is 6.24. The Bertz CT molecular complexity index is 1010. The van der Waals surface area contributed by atoms with Gasteiger partial charge in [-0.15, -0.1) is 0 Å². The number of fused-ring (bicyclic) bond motifs is 1. The van der Waals surface area contributed by atoms with Crippen molar-refractivity contribution in [3.05, 3.63) is 47.3 Å². The van der Waals surface area contributed by atoms with E-state index in [1.165, 1.54) is 24.1 Å². The van der Waals surface area contributed by atoms with Gasteiger partial charge >= 0.3 is 6.18 Å². The third-order valence-corrected chi connectivity index (χ3v) is 4.14. The third kappa shape index (κ3) is 2.98. The van der Waals surface area contributed by atoms with Crippen LogP contribution in [-0.4, -0.2) is 34.9 Å².